The second-order valence-corrected chi connectivity index (χ2v) is 9.01. The number of allylic oxidation sites excluding steroid dienone is 4. The Morgan fingerprint density at radius 1 is 0.933 bits per heavy atom. The fourth-order valence-electron chi connectivity index (χ4n) is 4.00. The van der Waals surface area contributed by atoms with Crippen LogP contribution < -0.4 is 0 Å². The minimum absolute atomic E-state index is 0.149. The Labute approximate surface area is 185 Å². The van der Waals surface area contributed by atoms with Gasteiger partial charge in [0.1, 0.15) is 6.10 Å². The molecule has 0 bridgehead atoms. The molecule has 1 aliphatic carbocycles. The van der Waals surface area contributed by atoms with Crippen LogP contribution in [0.3, 0.4) is 0 Å². The van der Waals surface area contributed by atoms with Crippen molar-refractivity contribution in [3.63, 3.8) is 0 Å². The summed E-state index contributed by atoms with van der Waals surface area (Å²) in [5.74, 6) is -0.149. The van der Waals surface area contributed by atoms with Crippen LogP contribution in [0.25, 0.3) is 0 Å². The van der Waals surface area contributed by atoms with E-state index >= 15 is 0 Å². The highest BCUT2D eigenvalue weighted by Crippen LogP contribution is 2.25. The number of esters is 1. The minimum atomic E-state index is -0.505. The highest BCUT2D eigenvalue weighted by molar-refractivity contribution is 5.69. The van der Waals surface area contributed by atoms with Crippen molar-refractivity contribution in [2.45, 2.75) is 121 Å². The van der Waals surface area contributed by atoms with Gasteiger partial charge in [-0.05, 0) is 65.5 Å². The predicted octanol–water partition coefficient (Wildman–Crippen LogP) is 6.19. The lowest BCUT2D eigenvalue weighted by molar-refractivity contribution is -0.159. The quantitative estimate of drug-likeness (QED) is 0.183. The van der Waals surface area contributed by atoms with Gasteiger partial charge < -0.3 is 14.7 Å². The van der Waals surface area contributed by atoms with E-state index < -0.39 is 6.10 Å². The molecule has 1 fully saturated rings. The first-order chi connectivity index (χ1) is 14.5. The third-order valence-corrected chi connectivity index (χ3v) is 6.07. The van der Waals surface area contributed by atoms with Gasteiger partial charge >= 0.3 is 5.97 Å². The Balaban J connectivity index is 1.97. The predicted molar refractivity (Wildman–Crippen MR) is 127 cm³/mol. The van der Waals surface area contributed by atoms with Gasteiger partial charge in [-0.3, -0.25) is 4.79 Å². The molecule has 0 aromatic carbocycles. The van der Waals surface area contributed by atoms with Crippen LogP contribution in [0.2, 0.25) is 0 Å². The maximum atomic E-state index is 12.1. The molecule has 30 heavy (non-hydrogen) atoms. The summed E-state index contributed by atoms with van der Waals surface area (Å²) in [6.45, 7) is 2.24. The number of aliphatic hydroxyl groups excluding tert-OH is 1. The molecule has 0 amide bonds. The standard InChI is InChI=1S/C26H47NO3/c1-4-5-6-7-8-9-10-11-12-13-14-15-16-17-18-19-26(29)30-25-22-23(27(2)3)20-21-24(25)28/h8-9,11-12,23-25,28H,4-7,10,13-22H2,1-3H3/b9-8-,12-11-/t23-,24-,25+/m1/s1. The monoisotopic (exact) mass is 421 g/mol. The lowest BCUT2D eigenvalue weighted by atomic mass is 9.90. The van der Waals surface area contributed by atoms with Crippen molar-refractivity contribution < 1.29 is 14.6 Å². The van der Waals surface area contributed by atoms with Gasteiger partial charge in [-0.2, -0.15) is 0 Å². The molecule has 0 aliphatic heterocycles. The van der Waals surface area contributed by atoms with Gasteiger partial charge in [0, 0.05) is 18.9 Å². The topological polar surface area (TPSA) is 49.8 Å². The molecule has 0 unspecified atom stereocenters. The van der Waals surface area contributed by atoms with E-state index in [2.05, 4.69) is 36.1 Å². The number of hydrogen-bond donors (Lipinski definition) is 1. The lowest BCUT2D eigenvalue weighted by Gasteiger charge is -2.36. The highest BCUT2D eigenvalue weighted by atomic mass is 16.6. The Hall–Kier alpha value is -1.13. The molecule has 0 radical (unpaired) electrons. The molecule has 0 saturated heterocycles. The fourth-order valence-corrected chi connectivity index (χ4v) is 4.00. The van der Waals surface area contributed by atoms with E-state index in [0.717, 1.165) is 38.5 Å². The molecule has 3 atom stereocenters. The summed E-state index contributed by atoms with van der Waals surface area (Å²) in [6, 6.07) is 0.391. The van der Waals surface area contributed by atoms with Crippen molar-refractivity contribution in [2.75, 3.05) is 14.1 Å². The van der Waals surface area contributed by atoms with Gasteiger partial charge in [-0.25, -0.2) is 0 Å². The summed E-state index contributed by atoms with van der Waals surface area (Å²) >= 11 is 0. The molecule has 0 aromatic heterocycles. The van der Waals surface area contributed by atoms with Gasteiger partial charge in [0.2, 0.25) is 0 Å². The van der Waals surface area contributed by atoms with Crippen LogP contribution in [0.1, 0.15) is 103 Å². The second kappa shape index (κ2) is 17.5. The first-order valence-corrected chi connectivity index (χ1v) is 12.4. The van der Waals surface area contributed by atoms with Crippen LogP contribution in [0.5, 0.6) is 0 Å². The molecule has 1 N–H and O–H groups in total. The van der Waals surface area contributed by atoms with E-state index in [1.165, 1.54) is 44.9 Å². The maximum absolute atomic E-state index is 12.1. The summed E-state index contributed by atoms with van der Waals surface area (Å²) in [7, 11) is 4.09. The largest absolute Gasteiger partial charge is 0.460 e. The SMILES string of the molecule is CCCCC/C=C\C/C=C\CCCCCCCC(=O)O[C@H]1C[C@H](N(C)C)CC[C@H]1O. The van der Waals surface area contributed by atoms with Gasteiger partial charge in [0.15, 0.2) is 0 Å². The number of aliphatic hydroxyl groups is 1. The molecular weight excluding hydrogens is 374 g/mol. The van der Waals surface area contributed by atoms with Crippen LogP contribution in [0.15, 0.2) is 24.3 Å². The number of ether oxygens (including phenoxy) is 1. The van der Waals surface area contributed by atoms with Crippen molar-refractivity contribution in [1.82, 2.24) is 4.90 Å². The Bertz CT molecular complexity index is 487. The number of carbonyl (C=O) groups is 1. The van der Waals surface area contributed by atoms with Gasteiger partial charge in [0.25, 0.3) is 0 Å². The van der Waals surface area contributed by atoms with Crippen LogP contribution in [-0.4, -0.2) is 48.3 Å². The maximum Gasteiger partial charge on any atom is 0.306 e. The van der Waals surface area contributed by atoms with Crippen molar-refractivity contribution in [3.05, 3.63) is 24.3 Å². The van der Waals surface area contributed by atoms with Gasteiger partial charge in [0.05, 0.1) is 6.10 Å². The third-order valence-electron chi connectivity index (χ3n) is 6.07. The highest BCUT2D eigenvalue weighted by Gasteiger charge is 2.32. The summed E-state index contributed by atoms with van der Waals surface area (Å²) in [4.78, 5) is 14.3. The summed E-state index contributed by atoms with van der Waals surface area (Å²) in [6.07, 6.45) is 24.1. The molecule has 1 aliphatic rings. The average molecular weight is 422 g/mol. The van der Waals surface area contributed by atoms with Crippen molar-refractivity contribution in [2.24, 2.45) is 0 Å². The third kappa shape index (κ3) is 13.2. The molecule has 0 aromatic rings. The zero-order valence-electron chi connectivity index (χ0n) is 19.9. The molecule has 4 nitrogen and oxygen atoms in total. The van der Waals surface area contributed by atoms with Gasteiger partial charge in [-0.15, -0.1) is 0 Å². The van der Waals surface area contributed by atoms with Crippen LogP contribution in [-0.2, 0) is 9.53 Å². The Morgan fingerprint density at radius 2 is 1.57 bits per heavy atom. The number of unbranched alkanes of at least 4 members (excludes halogenated alkanes) is 8. The fraction of sp³-hybridized carbons (Fsp3) is 0.808. The van der Waals surface area contributed by atoms with Crippen LogP contribution >= 0.6 is 0 Å². The van der Waals surface area contributed by atoms with E-state index in [4.69, 9.17) is 4.74 Å². The second-order valence-electron chi connectivity index (χ2n) is 9.01. The summed E-state index contributed by atoms with van der Waals surface area (Å²) < 4.78 is 5.57. The Morgan fingerprint density at radius 3 is 2.23 bits per heavy atom. The van der Waals surface area contributed by atoms with E-state index in [0.29, 0.717) is 18.9 Å². The minimum Gasteiger partial charge on any atom is -0.460 e. The molecule has 174 valence electrons. The van der Waals surface area contributed by atoms with E-state index in [1.807, 2.05) is 14.1 Å². The zero-order chi connectivity index (χ0) is 22.0. The smallest absolute Gasteiger partial charge is 0.306 e. The van der Waals surface area contributed by atoms with E-state index in [1.54, 1.807) is 0 Å². The Kier molecular flexibility index (Phi) is 15.7. The number of nitrogens with zero attached hydrogens (tertiary/aromatic N) is 1. The van der Waals surface area contributed by atoms with Crippen molar-refractivity contribution in [3.8, 4) is 0 Å². The number of rotatable bonds is 16. The first-order valence-electron chi connectivity index (χ1n) is 12.4. The first kappa shape index (κ1) is 26.9. The summed E-state index contributed by atoms with van der Waals surface area (Å²) in [5.41, 5.74) is 0. The van der Waals surface area contributed by atoms with E-state index in [-0.39, 0.29) is 12.1 Å². The molecule has 0 heterocycles. The summed E-state index contributed by atoms with van der Waals surface area (Å²) in [5, 5.41) is 10.1. The molecule has 4 heteroatoms. The van der Waals surface area contributed by atoms with Crippen molar-refractivity contribution >= 4 is 5.97 Å². The van der Waals surface area contributed by atoms with Crippen LogP contribution in [0.4, 0.5) is 0 Å². The normalized spacial score (nSPS) is 22.4. The number of hydrogen-bond acceptors (Lipinski definition) is 4. The molecule has 1 rings (SSSR count). The van der Waals surface area contributed by atoms with Gasteiger partial charge in [-0.1, -0.05) is 63.3 Å². The van der Waals surface area contributed by atoms with Crippen molar-refractivity contribution in [1.29, 1.82) is 0 Å². The molecule has 1 saturated carbocycles. The number of carbonyl (C=O) groups excluding carboxylic acids is 1. The molecular formula is C26H47NO3. The van der Waals surface area contributed by atoms with Crippen LogP contribution in [0, 0.1) is 0 Å². The van der Waals surface area contributed by atoms with E-state index in [9.17, 15) is 9.90 Å². The zero-order valence-corrected chi connectivity index (χ0v) is 19.9. The molecule has 0 spiro atoms. The lowest BCUT2D eigenvalue weighted by Crippen LogP contribution is -2.44. The average Bonchev–Trinajstić information content (AvgIpc) is 2.72.